The van der Waals surface area contributed by atoms with Crippen LogP contribution in [0.3, 0.4) is 0 Å². The molecule has 0 aromatic heterocycles. The first kappa shape index (κ1) is 16.2. The van der Waals surface area contributed by atoms with Crippen LogP contribution in [0.5, 0.6) is 0 Å². The normalized spacial score (nSPS) is 17.1. The Bertz CT molecular complexity index is 685. The fraction of sp³-hybridized carbons (Fsp3) is 0.300. The van der Waals surface area contributed by atoms with Crippen molar-refractivity contribution in [2.24, 2.45) is 5.92 Å². The third-order valence-electron chi connectivity index (χ3n) is 4.34. The van der Waals surface area contributed by atoms with Gasteiger partial charge in [-0.1, -0.05) is 48.5 Å². The number of amides is 2. The maximum atomic E-state index is 12.2. The molecule has 0 radical (unpaired) electrons. The van der Waals surface area contributed by atoms with E-state index in [9.17, 15) is 9.59 Å². The smallest absolute Gasteiger partial charge is 0.227 e. The van der Waals surface area contributed by atoms with Gasteiger partial charge in [0.1, 0.15) is 0 Å². The molecule has 1 atom stereocenters. The van der Waals surface area contributed by atoms with E-state index in [4.69, 9.17) is 0 Å². The summed E-state index contributed by atoms with van der Waals surface area (Å²) in [4.78, 5) is 26.0. The zero-order valence-corrected chi connectivity index (χ0v) is 13.7. The Hall–Kier alpha value is -2.62. The zero-order valence-electron chi connectivity index (χ0n) is 13.7. The van der Waals surface area contributed by atoms with Crippen LogP contribution in [0.1, 0.15) is 18.4 Å². The first-order valence-electron chi connectivity index (χ1n) is 8.38. The van der Waals surface area contributed by atoms with Gasteiger partial charge < -0.3 is 10.2 Å². The number of hydrogen-bond acceptors (Lipinski definition) is 2. The SMILES string of the molecule is O=C(CCc1ccccc1)NC[C@@H]1CC(=O)N(c2ccccc2)C1. The molecule has 4 nitrogen and oxygen atoms in total. The minimum absolute atomic E-state index is 0.0458. The van der Waals surface area contributed by atoms with Gasteiger partial charge in [0.25, 0.3) is 0 Å². The number of hydrogen-bond donors (Lipinski definition) is 1. The van der Waals surface area contributed by atoms with Crippen LogP contribution in [0.2, 0.25) is 0 Å². The molecule has 1 heterocycles. The quantitative estimate of drug-likeness (QED) is 0.889. The Balaban J connectivity index is 1.44. The molecule has 1 aliphatic rings. The highest BCUT2D eigenvalue weighted by molar-refractivity contribution is 5.95. The van der Waals surface area contributed by atoms with E-state index in [2.05, 4.69) is 5.32 Å². The number of aryl methyl sites for hydroxylation is 1. The maximum Gasteiger partial charge on any atom is 0.227 e. The molecule has 1 N–H and O–H groups in total. The minimum Gasteiger partial charge on any atom is -0.356 e. The Morgan fingerprint density at radius 2 is 1.71 bits per heavy atom. The van der Waals surface area contributed by atoms with Gasteiger partial charge in [-0.15, -0.1) is 0 Å². The number of carbonyl (C=O) groups is 2. The van der Waals surface area contributed by atoms with E-state index in [1.54, 1.807) is 4.90 Å². The maximum absolute atomic E-state index is 12.2. The molecule has 2 aromatic rings. The predicted molar refractivity (Wildman–Crippen MR) is 94.7 cm³/mol. The van der Waals surface area contributed by atoms with Crippen molar-refractivity contribution in [3.05, 3.63) is 66.2 Å². The zero-order chi connectivity index (χ0) is 16.8. The first-order chi connectivity index (χ1) is 11.7. The lowest BCUT2D eigenvalue weighted by molar-refractivity contribution is -0.121. The predicted octanol–water partition coefficient (Wildman–Crippen LogP) is 2.79. The lowest BCUT2D eigenvalue weighted by Gasteiger charge is -2.16. The van der Waals surface area contributed by atoms with Crippen LogP contribution in [0.4, 0.5) is 5.69 Å². The van der Waals surface area contributed by atoms with Crippen molar-refractivity contribution in [1.82, 2.24) is 5.32 Å². The molecule has 124 valence electrons. The average Bonchev–Trinajstić information content (AvgIpc) is 3.00. The van der Waals surface area contributed by atoms with Crippen molar-refractivity contribution >= 4 is 17.5 Å². The van der Waals surface area contributed by atoms with Crippen LogP contribution >= 0.6 is 0 Å². The van der Waals surface area contributed by atoms with E-state index in [-0.39, 0.29) is 17.7 Å². The minimum atomic E-state index is 0.0458. The van der Waals surface area contributed by atoms with Crippen molar-refractivity contribution in [3.63, 3.8) is 0 Å². The summed E-state index contributed by atoms with van der Waals surface area (Å²) in [7, 11) is 0. The fourth-order valence-corrected chi connectivity index (χ4v) is 3.02. The first-order valence-corrected chi connectivity index (χ1v) is 8.38. The monoisotopic (exact) mass is 322 g/mol. The van der Waals surface area contributed by atoms with Gasteiger partial charge in [0.05, 0.1) is 0 Å². The molecule has 1 aliphatic heterocycles. The average molecular weight is 322 g/mol. The summed E-state index contributed by atoms with van der Waals surface area (Å²) >= 11 is 0. The van der Waals surface area contributed by atoms with Crippen LogP contribution in [0.25, 0.3) is 0 Å². The topological polar surface area (TPSA) is 49.4 Å². The van der Waals surface area contributed by atoms with E-state index in [0.717, 1.165) is 12.1 Å². The molecule has 1 fully saturated rings. The Morgan fingerprint density at radius 3 is 2.42 bits per heavy atom. The van der Waals surface area contributed by atoms with Crippen LogP contribution < -0.4 is 10.2 Å². The highest BCUT2D eigenvalue weighted by Crippen LogP contribution is 2.24. The van der Waals surface area contributed by atoms with E-state index in [1.807, 2.05) is 60.7 Å². The largest absolute Gasteiger partial charge is 0.356 e. The van der Waals surface area contributed by atoms with Crippen LogP contribution in [-0.4, -0.2) is 24.9 Å². The van der Waals surface area contributed by atoms with E-state index in [0.29, 0.717) is 25.9 Å². The molecule has 3 rings (SSSR count). The molecule has 2 amide bonds. The number of anilines is 1. The third kappa shape index (κ3) is 4.22. The highest BCUT2D eigenvalue weighted by atomic mass is 16.2. The summed E-state index contributed by atoms with van der Waals surface area (Å²) < 4.78 is 0. The van der Waals surface area contributed by atoms with Gasteiger partial charge in [-0.25, -0.2) is 0 Å². The number of para-hydroxylation sites is 1. The number of benzene rings is 2. The van der Waals surface area contributed by atoms with Crippen molar-refractivity contribution in [3.8, 4) is 0 Å². The van der Waals surface area contributed by atoms with Gasteiger partial charge in [-0.2, -0.15) is 0 Å². The number of nitrogens with zero attached hydrogens (tertiary/aromatic N) is 1. The van der Waals surface area contributed by atoms with Gasteiger partial charge >= 0.3 is 0 Å². The second-order valence-electron chi connectivity index (χ2n) is 6.20. The molecule has 0 bridgehead atoms. The second kappa shape index (κ2) is 7.77. The lowest BCUT2D eigenvalue weighted by Crippen LogP contribution is -2.31. The van der Waals surface area contributed by atoms with Crippen LogP contribution in [-0.2, 0) is 16.0 Å². The molecule has 0 spiro atoms. The Kier molecular flexibility index (Phi) is 5.26. The molecule has 0 unspecified atom stereocenters. The second-order valence-corrected chi connectivity index (χ2v) is 6.20. The number of carbonyl (C=O) groups excluding carboxylic acids is 2. The van der Waals surface area contributed by atoms with Crippen molar-refractivity contribution < 1.29 is 9.59 Å². The van der Waals surface area contributed by atoms with E-state index >= 15 is 0 Å². The third-order valence-corrected chi connectivity index (χ3v) is 4.34. The van der Waals surface area contributed by atoms with Crippen molar-refractivity contribution in [2.45, 2.75) is 19.3 Å². The van der Waals surface area contributed by atoms with Gasteiger partial charge in [0, 0.05) is 37.5 Å². The molecular formula is C20H22N2O2. The molecular weight excluding hydrogens is 300 g/mol. The molecule has 1 saturated heterocycles. The summed E-state index contributed by atoms with van der Waals surface area (Å²) in [5.41, 5.74) is 2.10. The van der Waals surface area contributed by atoms with Crippen LogP contribution in [0, 0.1) is 5.92 Å². The highest BCUT2D eigenvalue weighted by Gasteiger charge is 2.30. The lowest BCUT2D eigenvalue weighted by atomic mass is 10.1. The standard InChI is InChI=1S/C20H22N2O2/c23-19(12-11-16-7-3-1-4-8-16)21-14-17-13-20(24)22(15-17)18-9-5-2-6-10-18/h1-10,17H,11-15H2,(H,21,23)/t17-/m0/s1. The molecule has 24 heavy (non-hydrogen) atoms. The Labute approximate surface area is 142 Å². The van der Waals surface area contributed by atoms with Gasteiger partial charge in [0.15, 0.2) is 0 Å². The van der Waals surface area contributed by atoms with Crippen LogP contribution in [0.15, 0.2) is 60.7 Å². The molecule has 0 saturated carbocycles. The van der Waals surface area contributed by atoms with Crippen molar-refractivity contribution in [2.75, 3.05) is 18.0 Å². The Morgan fingerprint density at radius 1 is 1.04 bits per heavy atom. The molecule has 0 aliphatic carbocycles. The molecule has 2 aromatic carbocycles. The van der Waals surface area contributed by atoms with E-state index in [1.165, 1.54) is 5.56 Å². The van der Waals surface area contributed by atoms with Gasteiger partial charge in [0.2, 0.25) is 11.8 Å². The summed E-state index contributed by atoms with van der Waals surface area (Å²) in [5.74, 6) is 0.354. The summed E-state index contributed by atoms with van der Waals surface area (Å²) in [6.45, 7) is 1.23. The van der Waals surface area contributed by atoms with Gasteiger partial charge in [-0.05, 0) is 24.1 Å². The summed E-state index contributed by atoms with van der Waals surface area (Å²) in [6.07, 6.45) is 1.72. The number of nitrogens with one attached hydrogen (secondary N) is 1. The van der Waals surface area contributed by atoms with E-state index < -0.39 is 0 Å². The molecule has 4 heteroatoms. The van der Waals surface area contributed by atoms with Gasteiger partial charge in [-0.3, -0.25) is 9.59 Å². The fourth-order valence-electron chi connectivity index (χ4n) is 3.02. The summed E-state index contributed by atoms with van der Waals surface area (Å²) in [5, 5.41) is 2.97. The van der Waals surface area contributed by atoms with Crippen molar-refractivity contribution in [1.29, 1.82) is 0 Å². The summed E-state index contributed by atoms with van der Waals surface area (Å²) in [6, 6.07) is 19.7. The number of rotatable bonds is 6.